The van der Waals surface area contributed by atoms with Gasteiger partial charge in [0, 0.05) is 45.5 Å². The van der Waals surface area contributed by atoms with Gasteiger partial charge in [-0.25, -0.2) is 9.37 Å². The zero-order chi connectivity index (χ0) is 32.0. The Kier molecular flexibility index (Phi) is 8.88. The van der Waals surface area contributed by atoms with Crippen LogP contribution in [0.5, 0.6) is 0 Å². The molecule has 230 valence electrons. The van der Waals surface area contributed by atoms with Crippen molar-refractivity contribution < 1.29 is 14.0 Å². The van der Waals surface area contributed by atoms with Crippen LogP contribution in [0.25, 0.3) is 22.2 Å². The predicted molar refractivity (Wildman–Crippen MR) is 182 cm³/mol. The molecular formula is C36H31BrCl2FN3O2. The third kappa shape index (κ3) is 5.94. The molecule has 3 aromatic carbocycles. The van der Waals surface area contributed by atoms with Crippen LogP contribution < -0.4 is 5.32 Å². The van der Waals surface area contributed by atoms with Crippen molar-refractivity contribution in [2.75, 3.05) is 0 Å². The summed E-state index contributed by atoms with van der Waals surface area (Å²) in [5, 5.41) is 4.02. The van der Waals surface area contributed by atoms with E-state index < -0.39 is 17.8 Å². The molecule has 0 spiro atoms. The molecule has 0 aliphatic heterocycles. The SMILES string of the molecule is CC(C)C[C@H](NC(=O)CC1c2ccccc2-c2ccccc21)C(=O)n1cc([C@H](C)c2c(Cl)ccc(F)c2Cl)c2cc(Br)cnc21. The summed E-state index contributed by atoms with van der Waals surface area (Å²) in [7, 11) is 0. The first-order chi connectivity index (χ1) is 21.5. The van der Waals surface area contributed by atoms with Crippen LogP contribution in [0.2, 0.25) is 10.0 Å². The number of hydrogen-bond donors (Lipinski definition) is 1. The number of hydrogen-bond acceptors (Lipinski definition) is 3. The average molecular weight is 707 g/mol. The van der Waals surface area contributed by atoms with E-state index in [1.165, 1.54) is 16.7 Å². The third-order valence-electron chi connectivity index (χ3n) is 8.55. The van der Waals surface area contributed by atoms with E-state index >= 15 is 0 Å². The number of carbonyl (C=O) groups is 2. The van der Waals surface area contributed by atoms with Gasteiger partial charge in [0.25, 0.3) is 5.91 Å². The van der Waals surface area contributed by atoms with Crippen molar-refractivity contribution in [1.82, 2.24) is 14.9 Å². The Bertz CT molecular complexity index is 1910. The summed E-state index contributed by atoms with van der Waals surface area (Å²) in [6, 6.07) is 20.1. The number of rotatable bonds is 8. The van der Waals surface area contributed by atoms with Crippen LogP contribution >= 0.6 is 39.1 Å². The zero-order valence-electron chi connectivity index (χ0n) is 25.0. The Hall–Kier alpha value is -3.52. The number of nitrogens with zero attached hydrogens (tertiary/aromatic N) is 2. The average Bonchev–Trinajstić information content (AvgIpc) is 3.54. The lowest BCUT2D eigenvalue weighted by atomic mass is 9.93. The molecule has 9 heteroatoms. The van der Waals surface area contributed by atoms with Crippen molar-refractivity contribution in [2.45, 2.75) is 51.5 Å². The van der Waals surface area contributed by atoms with E-state index in [0.29, 0.717) is 38.1 Å². The van der Waals surface area contributed by atoms with Crippen molar-refractivity contribution in [2.24, 2.45) is 5.92 Å². The Labute approximate surface area is 279 Å². The quantitative estimate of drug-likeness (QED) is 0.164. The molecule has 0 radical (unpaired) electrons. The molecule has 1 aliphatic carbocycles. The van der Waals surface area contributed by atoms with Crippen LogP contribution in [0.15, 0.2) is 83.6 Å². The van der Waals surface area contributed by atoms with Gasteiger partial charge in [0.1, 0.15) is 17.5 Å². The van der Waals surface area contributed by atoms with Crippen molar-refractivity contribution in [1.29, 1.82) is 0 Å². The highest BCUT2D eigenvalue weighted by molar-refractivity contribution is 9.10. The van der Waals surface area contributed by atoms with E-state index in [4.69, 9.17) is 23.2 Å². The Morgan fingerprint density at radius 2 is 1.64 bits per heavy atom. The van der Waals surface area contributed by atoms with E-state index in [1.54, 1.807) is 12.4 Å². The number of halogens is 4. The normalized spacial score (nSPS) is 14.0. The van der Waals surface area contributed by atoms with Crippen molar-refractivity contribution in [3.63, 3.8) is 0 Å². The van der Waals surface area contributed by atoms with E-state index in [2.05, 4.69) is 50.5 Å². The fraction of sp³-hybridized carbons (Fsp3) is 0.250. The van der Waals surface area contributed by atoms with Gasteiger partial charge in [-0.3, -0.25) is 14.2 Å². The molecule has 45 heavy (non-hydrogen) atoms. The van der Waals surface area contributed by atoms with Gasteiger partial charge in [-0.2, -0.15) is 0 Å². The van der Waals surface area contributed by atoms with Crippen LogP contribution in [0.3, 0.4) is 0 Å². The van der Waals surface area contributed by atoms with Crippen LogP contribution in [0, 0.1) is 11.7 Å². The summed E-state index contributed by atoms with van der Waals surface area (Å²) in [6.45, 7) is 5.89. The molecule has 0 saturated carbocycles. The van der Waals surface area contributed by atoms with Crippen molar-refractivity contribution >= 4 is 62.0 Å². The Morgan fingerprint density at radius 3 is 2.29 bits per heavy atom. The standard InChI is InChI=1S/C36H31BrCl2FN3O2/c1-19(2)14-31(42-32(44)16-26-24-10-6-4-8-22(24)23-9-5-7-11-25(23)26)36(45)43-18-28(27-15-21(37)17-41-35(27)43)20(3)33-29(38)12-13-30(40)34(33)39/h4-13,15,17-20,26,31H,14,16H2,1-3H3,(H,42,44)/t20-,31-/m0/s1. The number of fused-ring (bicyclic) bond motifs is 4. The summed E-state index contributed by atoms with van der Waals surface area (Å²) >= 11 is 16.4. The van der Waals surface area contributed by atoms with Crippen LogP contribution in [-0.4, -0.2) is 27.4 Å². The molecule has 0 unspecified atom stereocenters. The molecule has 0 bridgehead atoms. The first-order valence-corrected chi connectivity index (χ1v) is 16.4. The topological polar surface area (TPSA) is 64.0 Å². The fourth-order valence-electron chi connectivity index (χ4n) is 6.49. The minimum absolute atomic E-state index is 0.0646. The van der Waals surface area contributed by atoms with Gasteiger partial charge >= 0.3 is 0 Å². The highest BCUT2D eigenvalue weighted by Gasteiger charge is 2.33. The lowest BCUT2D eigenvalue weighted by Crippen LogP contribution is -2.44. The molecular weight excluding hydrogens is 676 g/mol. The fourth-order valence-corrected chi connectivity index (χ4v) is 7.52. The molecule has 0 fully saturated rings. The number of benzene rings is 3. The van der Waals surface area contributed by atoms with Gasteiger partial charge in [0.05, 0.1) is 5.02 Å². The first kappa shape index (κ1) is 31.5. The number of pyridine rings is 1. The number of carbonyl (C=O) groups excluding carboxylic acids is 2. The van der Waals surface area contributed by atoms with Crippen molar-refractivity contribution in [3.8, 4) is 11.1 Å². The largest absolute Gasteiger partial charge is 0.344 e. The van der Waals surface area contributed by atoms with E-state index in [-0.39, 0.29) is 35.1 Å². The maximum absolute atomic E-state index is 14.5. The first-order valence-electron chi connectivity index (χ1n) is 14.9. The smallest absolute Gasteiger partial charge is 0.254 e. The van der Waals surface area contributed by atoms with Crippen LogP contribution in [-0.2, 0) is 4.79 Å². The van der Waals surface area contributed by atoms with E-state index in [1.807, 2.05) is 51.1 Å². The molecule has 5 nitrogen and oxygen atoms in total. The second-order valence-corrected chi connectivity index (χ2v) is 13.7. The maximum Gasteiger partial charge on any atom is 0.254 e. The summed E-state index contributed by atoms with van der Waals surface area (Å²) in [4.78, 5) is 32.6. The van der Waals surface area contributed by atoms with Crippen LogP contribution in [0.1, 0.15) is 72.5 Å². The second-order valence-electron chi connectivity index (χ2n) is 12.0. The molecule has 1 N–H and O–H groups in total. The number of amides is 1. The Balaban J connectivity index is 1.34. The van der Waals surface area contributed by atoms with Gasteiger partial charge in [-0.15, -0.1) is 0 Å². The minimum Gasteiger partial charge on any atom is -0.344 e. The lowest BCUT2D eigenvalue weighted by Gasteiger charge is -2.22. The molecule has 2 heterocycles. The minimum atomic E-state index is -0.796. The summed E-state index contributed by atoms with van der Waals surface area (Å²) in [5.41, 5.74) is 6.05. The molecule has 2 aromatic heterocycles. The van der Waals surface area contributed by atoms with Gasteiger partial charge in [0.15, 0.2) is 0 Å². The summed E-state index contributed by atoms with van der Waals surface area (Å²) in [6.07, 6.45) is 3.97. The van der Waals surface area contributed by atoms with Gasteiger partial charge < -0.3 is 5.32 Å². The highest BCUT2D eigenvalue weighted by Crippen LogP contribution is 2.46. The van der Waals surface area contributed by atoms with Gasteiger partial charge in [0.2, 0.25) is 5.91 Å². The number of nitrogens with one attached hydrogen (secondary N) is 1. The molecule has 5 aromatic rings. The van der Waals surface area contributed by atoms with Crippen molar-refractivity contribution in [3.05, 3.63) is 122 Å². The van der Waals surface area contributed by atoms with Crippen LogP contribution in [0.4, 0.5) is 4.39 Å². The molecule has 0 saturated heterocycles. The van der Waals surface area contributed by atoms with Gasteiger partial charge in [-0.1, -0.05) is 92.5 Å². The summed E-state index contributed by atoms with van der Waals surface area (Å²) in [5.74, 6) is -1.53. The Morgan fingerprint density at radius 1 is 1.00 bits per heavy atom. The number of aromatic nitrogens is 2. The lowest BCUT2D eigenvalue weighted by molar-refractivity contribution is -0.121. The molecule has 2 atom stereocenters. The maximum atomic E-state index is 14.5. The van der Waals surface area contributed by atoms with Gasteiger partial charge in [-0.05, 0) is 79.8 Å². The van der Waals surface area contributed by atoms with E-state index in [0.717, 1.165) is 22.3 Å². The summed E-state index contributed by atoms with van der Waals surface area (Å²) < 4.78 is 16.7. The second kappa shape index (κ2) is 12.7. The zero-order valence-corrected chi connectivity index (χ0v) is 28.0. The molecule has 1 aliphatic rings. The molecule has 1 amide bonds. The third-order valence-corrected chi connectivity index (χ3v) is 9.70. The predicted octanol–water partition coefficient (Wildman–Crippen LogP) is 9.77. The highest BCUT2D eigenvalue weighted by atomic mass is 79.9. The van der Waals surface area contributed by atoms with E-state index in [9.17, 15) is 14.0 Å². The molecule has 6 rings (SSSR count). The monoisotopic (exact) mass is 705 g/mol.